The molecule has 0 heterocycles. The maximum absolute atomic E-state index is 12.1. The predicted octanol–water partition coefficient (Wildman–Crippen LogP) is 3.91. The van der Waals surface area contributed by atoms with Gasteiger partial charge in [0.15, 0.2) is 0 Å². The molecule has 0 aliphatic carbocycles. The maximum Gasteiger partial charge on any atom is 0.255 e. The molecule has 0 fully saturated rings. The van der Waals surface area contributed by atoms with Crippen LogP contribution in [0.1, 0.15) is 15.9 Å². The number of amides is 1. The predicted molar refractivity (Wildman–Crippen MR) is 77.1 cm³/mol. The van der Waals surface area contributed by atoms with Gasteiger partial charge in [-0.1, -0.05) is 23.7 Å². The lowest BCUT2D eigenvalue weighted by Crippen LogP contribution is -2.11. The summed E-state index contributed by atoms with van der Waals surface area (Å²) < 4.78 is 5.09. The molecule has 0 aliphatic rings. The van der Waals surface area contributed by atoms with Crippen LogP contribution in [0.5, 0.6) is 5.75 Å². The molecular weight excluding hydrogens is 262 g/mol. The van der Waals surface area contributed by atoms with E-state index in [9.17, 15) is 4.79 Å². The van der Waals surface area contributed by atoms with E-state index in [4.69, 9.17) is 16.3 Å². The lowest BCUT2D eigenvalue weighted by atomic mass is 10.2. The summed E-state index contributed by atoms with van der Waals surface area (Å²) in [7, 11) is 1.57. The first-order chi connectivity index (χ1) is 9.10. The highest BCUT2D eigenvalue weighted by atomic mass is 35.5. The molecule has 2 aromatic rings. The van der Waals surface area contributed by atoms with Crippen molar-refractivity contribution in [3.8, 4) is 5.75 Å². The number of ether oxygens (including phenoxy) is 1. The summed E-state index contributed by atoms with van der Waals surface area (Å²) in [5.74, 6) is 0.452. The second-order valence-electron chi connectivity index (χ2n) is 4.15. The van der Waals surface area contributed by atoms with Crippen molar-refractivity contribution in [2.75, 3.05) is 12.4 Å². The van der Waals surface area contributed by atoms with Crippen molar-refractivity contribution in [2.45, 2.75) is 6.92 Å². The van der Waals surface area contributed by atoms with Crippen LogP contribution in [0.25, 0.3) is 0 Å². The molecule has 0 radical (unpaired) electrons. The van der Waals surface area contributed by atoms with Gasteiger partial charge in [0.25, 0.3) is 5.91 Å². The molecule has 3 nitrogen and oxygen atoms in total. The number of benzene rings is 2. The Morgan fingerprint density at radius 2 is 2.00 bits per heavy atom. The van der Waals surface area contributed by atoms with Gasteiger partial charge in [0.1, 0.15) is 5.75 Å². The first kappa shape index (κ1) is 13.4. The Bertz CT molecular complexity index is 611. The van der Waals surface area contributed by atoms with Crippen molar-refractivity contribution in [1.82, 2.24) is 0 Å². The van der Waals surface area contributed by atoms with Gasteiger partial charge in [0.2, 0.25) is 0 Å². The van der Waals surface area contributed by atoms with Crippen molar-refractivity contribution in [1.29, 1.82) is 0 Å². The molecular formula is C15H14ClNO2. The van der Waals surface area contributed by atoms with E-state index in [1.54, 1.807) is 37.4 Å². The molecule has 0 aromatic heterocycles. The van der Waals surface area contributed by atoms with Crippen molar-refractivity contribution < 1.29 is 9.53 Å². The minimum Gasteiger partial charge on any atom is -0.497 e. The zero-order chi connectivity index (χ0) is 13.8. The number of rotatable bonds is 3. The second kappa shape index (κ2) is 5.76. The van der Waals surface area contributed by atoms with Crippen LogP contribution in [0.3, 0.4) is 0 Å². The Balaban J connectivity index is 2.18. The van der Waals surface area contributed by atoms with Crippen LogP contribution in [-0.4, -0.2) is 13.0 Å². The Labute approximate surface area is 117 Å². The summed E-state index contributed by atoms with van der Waals surface area (Å²) in [6, 6.07) is 12.4. The number of hydrogen-bond donors (Lipinski definition) is 1. The number of carbonyl (C=O) groups is 1. The molecule has 19 heavy (non-hydrogen) atoms. The van der Waals surface area contributed by atoms with Crippen molar-refractivity contribution >= 4 is 23.2 Å². The Morgan fingerprint density at radius 3 is 2.68 bits per heavy atom. The second-order valence-corrected chi connectivity index (χ2v) is 4.56. The number of aryl methyl sites for hydroxylation is 1. The van der Waals surface area contributed by atoms with Crippen LogP contribution in [0.2, 0.25) is 5.02 Å². The average molecular weight is 276 g/mol. The van der Waals surface area contributed by atoms with Gasteiger partial charge in [-0.3, -0.25) is 4.79 Å². The maximum atomic E-state index is 12.1. The van der Waals surface area contributed by atoms with E-state index in [-0.39, 0.29) is 5.91 Å². The number of anilines is 1. The molecule has 0 unspecified atom stereocenters. The fourth-order valence-electron chi connectivity index (χ4n) is 1.64. The lowest BCUT2D eigenvalue weighted by molar-refractivity contribution is 0.102. The van der Waals surface area contributed by atoms with Crippen LogP contribution in [0.4, 0.5) is 5.69 Å². The molecule has 1 N–H and O–H groups in total. The molecule has 0 atom stereocenters. The number of methoxy groups -OCH3 is 1. The van der Waals surface area contributed by atoms with Crippen LogP contribution in [0.15, 0.2) is 42.5 Å². The van der Waals surface area contributed by atoms with Gasteiger partial charge in [-0.25, -0.2) is 0 Å². The molecule has 0 saturated heterocycles. The number of carbonyl (C=O) groups excluding carboxylic acids is 1. The SMILES string of the molecule is COc1cccc(C(=O)Nc2ccc(C)c(Cl)c2)c1. The third-order valence-corrected chi connectivity index (χ3v) is 3.17. The third kappa shape index (κ3) is 3.26. The fraction of sp³-hybridized carbons (Fsp3) is 0.133. The number of nitrogens with one attached hydrogen (secondary N) is 1. The first-order valence-corrected chi connectivity index (χ1v) is 6.19. The molecule has 98 valence electrons. The van der Waals surface area contributed by atoms with E-state index in [1.165, 1.54) is 0 Å². The zero-order valence-corrected chi connectivity index (χ0v) is 11.5. The van der Waals surface area contributed by atoms with Crippen LogP contribution < -0.4 is 10.1 Å². The molecule has 2 aromatic carbocycles. The van der Waals surface area contributed by atoms with Crippen molar-refractivity contribution in [3.05, 3.63) is 58.6 Å². The largest absolute Gasteiger partial charge is 0.497 e. The minimum atomic E-state index is -0.196. The monoisotopic (exact) mass is 275 g/mol. The Hall–Kier alpha value is -2.00. The van der Waals surface area contributed by atoms with E-state index in [2.05, 4.69) is 5.32 Å². The normalized spacial score (nSPS) is 10.1. The summed E-state index contributed by atoms with van der Waals surface area (Å²) in [5, 5.41) is 3.43. The van der Waals surface area contributed by atoms with Gasteiger partial charge in [-0.05, 0) is 42.8 Å². The summed E-state index contributed by atoms with van der Waals surface area (Å²) >= 11 is 6.02. The summed E-state index contributed by atoms with van der Waals surface area (Å²) in [6.45, 7) is 1.91. The van der Waals surface area contributed by atoms with Crippen molar-refractivity contribution in [2.24, 2.45) is 0 Å². The first-order valence-electron chi connectivity index (χ1n) is 5.81. The van der Waals surface area contributed by atoms with E-state index in [0.717, 1.165) is 5.56 Å². The molecule has 0 bridgehead atoms. The minimum absolute atomic E-state index is 0.196. The molecule has 0 aliphatic heterocycles. The van der Waals surface area contributed by atoms with Crippen LogP contribution in [0, 0.1) is 6.92 Å². The van der Waals surface area contributed by atoms with Gasteiger partial charge >= 0.3 is 0 Å². The molecule has 2 rings (SSSR count). The Morgan fingerprint density at radius 1 is 1.21 bits per heavy atom. The van der Waals surface area contributed by atoms with E-state index in [0.29, 0.717) is 22.0 Å². The molecule has 0 saturated carbocycles. The molecule has 1 amide bonds. The smallest absolute Gasteiger partial charge is 0.255 e. The number of hydrogen-bond acceptors (Lipinski definition) is 2. The van der Waals surface area contributed by atoms with E-state index < -0.39 is 0 Å². The molecule has 4 heteroatoms. The number of halogens is 1. The third-order valence-electron chi connectivity index (χ3n) is 2.76. The van der Waals surface area contributed by atoms with Crippen molar-refractivity contribution in [3.63, 3.8) is 0 Å². The Kier molecular flexibility index (Phi) is 4.07. The van der Waals surface area contributed by atoms with Gasteiger partial charge in [0.05, 0.1) is 7.11 Å². The fourth-order valence-corrected chi connectivity index (χ4v) is 1.82. The average Bonchev–Trinajstić information content (AvgIpc) is 2.43. The highest BCUT2D eigenvalue weighted by Gasteiger charge is 2.07. The van der Waals surface area contributed by atoms with E-state index in [1.807, 2.05) is 19.1 Å². The lowest BCUT2D eigenvalue weighted by Gasteiger charge is -2.08. The van der Waals surface area contributed by atoms with Crippen LogP contribution >= 0.6 is 11.6 Å². The summed E-state index contributed by atoms with van der Waals surface area (Å²) in [4.78, 5) is 12.1. The topological polar surface area (TPSA) is 38.3 Å². The highest BCUT2D eigenvalue weighted by Crippen LogP contribution is 2.21. The summed E-state index contributed by atoms with van der Waals surface area (Å²) in [5.41, 5.74) is 2.18. The molecule has 0 spiro atoms. The van der Waals surface area contributed by atoms with Gasteiger partial charge < -0.3 is 10.1 Å². The van der Waals surface area contributed by atoms with E-state index >= 15 is 0 Å². The van der Waals surface area contributed by atoms with Gasteiger partial charge in [-0.15, -0.1) is 0 Å². The summed E-state index contributed by atoms with van der Waals surface area (Å²) in [6.07, 6.45) is 0. The van der Waals surface area contributed by atoms with Gasteiger partial charge in [-0.2, -0.15) is 0 Å². The zero-order valence-electron chi connectivity index (χ0n) is 10.7. The highest BCUT2D eigenvalue weighted by molar-refractivity contribution is 6.31. The quantitative estimate of drug-likeness (QED) is 0.922. The van der Waals surface area contributed by atoms with Gasteiger partial charge in [0, 0.05) is 16.3 Å². The standard InChI is InChI=1S/C15H14ClNO2/c1-10-6-7-12(9-14(10)16)17-15(18)11-4-3-5-13(8-11)19-2/h3-9H,1-2H3,(H,17,18). The van der Waals surface area contributed by atoms with Crippen LogP contribution in [-0.2, 0) is 0 Å².